The molecule has 3 nitrogen and oxygen atoms in total. The lowest BCUT2D eigenvalue weighted by molar-refractivity contribution is 0.410. The van der Waals surface area contributed by atoms with Crippen LogP contribution >= 0.6 is 0 Å². The first-order chi connectivity index (χ1) is 10.2. The van der Waals surface area contributed by atoms with E-state index in [1.54, 1.807) is 7.11 Å². The zero-order valence-electron chi connectivity index (χ0n) is 13.1. The van der Waals surface area contributed by atoms with Crippen LogP contribution in [0.15, 0.2) is 42.5 Å². The maximum absolute atomic E-state index is 6.22. The number of rotatable bonds is 6. The predicted molar refractivity (Wildman–Crippen MR) is 90.2 cm³/mol. The van der Waals surface area contributed by atoms with E-state index in [0.717, 1.165) is 36.6 Å². The van der Waals surface area contributed by atoms with Gasteiger partial charge in [-0.1, -0.05) is 24.3 Å². The summed E-state index contributed by atoms with van der Waals surface area (Å²) in [5.74, 6) is 0.920. The van der Waals surface area contributed by atoms with E-state index < -0.39 is 0 Å². The standard InChI is InChI=1S/C18H24N2O/c1-4-20(5-2)17-11-10-14(13-16(17)19)12-15-8-6-7-9-18(15)21-3/h6-11,13H,4-5,12,19H2,1-3H3. The molecule has 0 aliphatic rings. The van der Waals surface area contributed by atoms with Gasteiger partial charge in [0, 0.05) is 19.5 Å². The second kappa shape index (κ2) is 7.02. The minimum atomic E-state index is 0.826. The molecule has 0 saturated heterocycles. The molecule has 2 aromatic carbocycles. The molecular formula is C18H24N2O. The average molecular weight is 284 g/mol. The molecule has 0 heterocycles. The monoisotopic (exact) mass is 284 g/mol. The van der Waals surface area contributed by atoms with E-state index in [1.165, 1.54) is 11.1 Å². The second-order valence-corrected chi connectivity index (χ2v) is 5.05. The van der Waals surface area contributed by atoms with E-state index >= 15 is 0 Å². The molecular weight excluding hydrogens is 260 g/mol. The van der Waals surface area contributed by atoms with Gasteiger partial charge in [0.1, 0.15) is 5.75 Å². The molecule has 0 atom stereocenters. The van der Waals surface area contributed by atoms with Crippen LogP contribution in [-0.4, -0.2) is 20.2 Å². The Morgan fingerprint density at radius 1 is 1.05 bits per heavy atom. The van der Waals surface area contributed by atoms with E-state index in [-0.39, 0.29) is 0 Å². The van der Waals surface area contributed by atoms with Crippen molar-refractivity contribution in [1.82, 2.24) is 0 Å². The molecule has 0 saturated carbocycles. The molecule has 2 aromatic rings. The minimum absolute atomic E-state index is 0.826. The number of nitrogen functional groups attached to an aromatic ring is 1. The van der Waals surface area contributed by atoms with Gasteiger partial charge in [0.25, 0.3) is 0 Å². The summed E-state index contributed by atoms with van der Waals surface area (Å²) in [7, 11) is 1.71. The van der Waals surface area contributed by atoms with Crippen LogP contribution < -0.4 is 15.4 Å². The fourth-order valence-corrected chi connectivity index (χ4v) is 2.64. The summed E-state index contributed by atoms with van der Waals surface area (Å²) in [4.78, 5) is 2.27. The van der Waals surface area contributed by atoms with Crippen molar-refractivity contribution in [3.8, 4) is 5.75 Å². The lowest BCUT2D eigenvalue weighted by atomic mass is 10.0. The number of nitrogens with two attached hydrogens (primary N) is 1. The van der Waals surface area contributed by atoms with E-state index in [9.17, 15) is 0 Å². The van der Waals surface area contributed by atoms with Crippen molar-refractivity contribution < 1.29 is 4.74 Å². The van der Waals surface area contributed by atoms with Crippen LogP contribution in [0.1, 0.15) is 25.0 Å². The Labute approximate surface area is 127 Å². The average Bonchev–Trinajstić information content (AvgIpc) is 2.51. The molecule has 112 valence electrons. The summed E-state index contributed by atoms with van der Waals surface area (Å²) in [6.07, 6.45) is 0.826. The van der Waals surface area contributed by atoms with Gasteiger partial charge < -0.3 is 15.4 Å². The Kier molecular flexibility index (Phi) is 5.09. The fourth-order valence-electron chi connectivity index (χ4n) is 2.64. The number of anilines is 2. The number of hydrogen-bond acceptors (Lipinski definition) is 3. The molecule has 0 aliphatic heterocycles. The van der Waals surface area contributed by atoms with Crippen molar-refractivity contribution >= 4 is 11.4 Å². The fraction of sp³-hybridized carbons (Fsp3) is 0.333. The first-order valence-corrected chi connectivity index (χ1v) is 7.44. The number of ether oxygens (including phenoxy) is 1. The Morgan fingerprint density at radius 3 is 2.38 bits per heavy atom. The zero-order chi connectivity index (χ0) is 15.2. The van der Waals surface area contributed by atoms with E-state index in [0.29, 0.717) is 0 Å². The Morgan fingerprint density at radius 2 is 1.76 bits per heavy atom. The molecule has 2 N–H and O–H groups in total. The molecule has 21 heavy (non-hydrogen) atoms. The molecule has 0 unspecified atom stereocenters. The normalized spacial score (nSPS) is 10.4. The van der Waals surface area contributed by atoms with Gasteiger partial charge in [-0.15, -0.1) is 0 Å². The van der Waals surface area contributed by atoms with Gasteiger partial charge >= 0.3 is 0 Å². The van der Waals surface area contributed by atoms with Crippen LogP contribution in [-0.2, 0) is 6.42 Å². The Hall–Kier alpha value is -2.16. The van der Waals surface area contributed by atoms with E-state index in [4.69, 9.17) is 10.5 Å². The van der Waals surface area contributed by atoms with E-state index in [2.05, 4.69) is 43.0 Å². The highest BCUT2D eigenvalue weighted by molar-refractivity contribution is 5.68. The summed E-state index contributed by atoms with van der Waals surface area (Å²) >= 11 is 0. The van der Waals surface area contributed by atoms with Crippen molar-refractivity contribution in [2.24, 2.45) is 0 Å². The van der Waals surface area contributed by atoms with Gasteiger partial charge in [-0.2, -0.15) is 0 Å². The third kappa shape index (κ3) is 3.48. The van der Waals surface area contributed by atoms with Crippen LogP contribution in [0.3, 0.4) is 0 Å². The topological polar surface area (TPSA) is 38.5 Å². The number of para-hydroxylation sites is 1. The first-order valence-electron chi connectivity index (χ1n) is 7.44. The van der Waals surface area contributed by atoms with Crippen molar-refractivity contribution in [3.63, 3.8) is 0 Å². The lowest BCUT2D eigenvalue weighted by Crippen LogP contribution is -2.22. The molecule has 0 radical (unpaired) electrons. The predicted octanol–water partition coefficient (Wildman–Crippen LogP) is 3.71. The third-order valence-corrected chi connectivity index (χ3v) is 3.78. The highest BCUT2D eigenvalue weighted by Gasteiger charge is 2.08. The third-order valence-electron chi connectivity index (χ3n) is 3.78. The van der Waals surface area contributed by atoms with Gasteiger partial charge in [-0.3, -0.25) is 0 Å². The maximum atomic E-state index is 6.22. The largest absolute Gasteiger partial charge is 0.496 e. The zero-order valence-corrected chi connectivity index (χ0v) is 13.1. The van der Waals surface area contributed by atoms with Crippen molar-refractivity contribution in [2.45, 2.75) is 20.3 Å². The first kappa shape index (κ1) is 15.2. The molecule has 0 spiro atoms. The van der Waals surface area contributed by atoms with Crippen molar-refractivity contribution in [1.29, 1.82) is 0 Å². The molecule has 0 amide bonds. The van der Waals surface area contributed by atoms with Gasteiger partial charge in [-0.25, -0.2) is 0 Å². The van der Waals surface area contributed by atoms with Crippen LogP contribution in [0, 0.1) is 0 Å². The van der Waals surface area contributed by atoms with Crippen LogP contribution in [0.25, 0.3) is 0 Å². The van der Waals surface area contributed by atoms with Crippen molar-refractivity contribution in [3.05, 3.63) is 53.6 Å². The summed E-state index contributed by atoms with van der Waals surface area (Å²) in [5.41, 5.74) is 10.6. The number of benzene rings is 2. The summed E-state index contributed by atoms with van der Waals surface area (Å²) in [6, 6.07) is 14.4. The maximum Gasteiger partial charge on any atom is 0.122 e. The highest BCUT2D eigenvalue weighted by atomic mass is 16.5. The number of hydrogen-bond donors (Lipinski definition) is 1. The second-order valence-electron chi connectivity index (χ2n) is 5.05. The van der Waals surface area contributed by atoms with E-state index in [1.807, 2.05) is 18.2 Å². The van der Waals surface area contributed by atoms with Crippen LogP contribution in [0.2, 0.25) is 0 Å². The molecule has 0 bridgehead atoms. The van der Waals surface area contributed by atoms with Crippen molar-refractivity contribution in [2.75, 3.05) is 30.8 Å². The minimum Gasteiger partial charge on any atom is -0.496 e. The Balaban J connectivity index is 2.24. The van der Waals surface area contributed by atoms with Gasteiger partial charge in [0.15, 0.2) is 0 Å². The lowest BCUT2D eigenvalue weighted by Gasteiger charge is -2.23. The molecule has 3 heteroatoms. The molecule has 2 rings (SSSR count). The summed E-state index contributed by atoms with van der Waals surface area (Å²) in [6.45, 7) is 6.22. The summed E-state index contributed by atoms with van der Waals surface area (Å²) in [5, 5.41) is 0. The Bertz CT molecular complexity index is 592. The van der Waals surface area contributed by atoms with Gasteiger partial charge in [-0.05, 0) is 43.2 Å². The van der Waals surface area contributed by atoms with Gasteiger partial charge in [0.05, 0.1) is 18.5 Å². The summed E-state index contributed by atoms with van der Waals surface area (Å²) < 4.78 is 5.41. The van der Waals surface area contributed by atoms with Crippen LogP contribution in [0.5, 0.6) is 5.75 Å². The van der Waals surface area contributed by atoms with Gasteiger partial charge in [0.2, 0.25) is 0 Å². The number of methoxy groups -OCH3 is 1. The SMILES string of the molecule is CCN(CC)c1ccc(Cc2ccccc2OC)cc1N. The highest BCUT2D eigenvalue weighted by Crippen LogP contribution is 2.27. The van der Waals surface area contributed by atoms with Crippen LogP contribution in [0.4, 0.5) is 11.4 Å². The molecule has 0 fully saturated rings. The quantitative estimate of drug-likeness (QED) is 0.822. The number of nitrogens with zero attached hydrogens (tertiary/aromatic N) is 1. The molecule has 0 aliphatic carbocycles. The molecule has 0 aromatic heterocycles. The smallest absolute Gasteiger partial charge is 0.122 e.